The second-order valence-corrected chi connectivity index (χ2v) is 5.00. The van der Waals surface area contributed by atoms with Gasteiger partial charge in [-0.1, -0.05) is 13.8 Å². The van der Waals surface area contributed by atoms with E-state index in [1.165, 1.54) is 4.90 Å². The van der Waals surface area contributed by atoms with Crippen LogP contribution < -0.4 is 11.5 Å². The van der Waals surface area contributed by atoms with Crippen LogP contribution in [0.15, 0.2) is 0 Å². The van der Waals surface area contributed by atoms with Crippen molar-refractivity contribution in [1.82, 2.24) is 4.90 Å². The summed E-state index contributed by atoms with van der Waals surface area (Å²) in [7, 11) is 0. The first kappa shape index (κ1) is 13.9. The van der Waals surface area contributed by atoms with Crippen LogP contribution in [-0.2, 0) is 14.3 Å². The zero-order valence-electron chi connectivity index (χ0n) is 10.4. The molecule has 0 saturated carbocycles. The van der Waals surface area contributed by atoms with Crippen molar-refractivity contribution in [1.29, 1.82) is 0 Å². The molecule has 0 bridgehead atoms. The summed E-state index contributed by atoms with van der Waals surface area (Å²) in [6.07, 6.45) is 0.485. The molecule has 1 aliphatic rings. The normalized spacial score (nSPS) is 24.0. The lowest BCUT2D eigenvalue weighted by atomic mass is 9.97. The third kappa shape index (κ3) is 3.67. The third-order valence-electron chi connectivity index (χ3n) is 2.70. The number of nitrogens with zero attached hydrogens (tertiary/aromatic N) is 1. The summed E-state index contributed by atoms with van der Waals surface area (Å²) in [5, 5.41) is 0. The van der Waals surface area contributed by atoms with E-state index in [1.807, 2.05) is 13.8 Å². The van der Waals surface area contributed by atoms with Crippen molar-refractivity contribution >= 4 is 11.8 Å². The van der Waals surface area contributed by atoms with Gasteiger partial charge in [-0.2, -0.15) is 0 Å². The number of ether oxygens (including phenoxy) is 1. The number of carbonyl (C=O) groups excluding carboxylic acids is 2. The van der Waals surface area contributed by atoms with Gasteiger partial charge in [-0.25, -0.2) is 0 Å². The molecule has 6 heteroatoms. The van der Waals surface area contributed by atoms with Crippen LogP contribution >= 0.6 is 0 Å². The molecule has 1 aliphatic heterocycles. The van der Waals surface area contributed by atoms with E-state index in [1.54, 1.807) is 0 Å². The number of hydrogen-bond acceptors (Lipinski definition) is 4. The van der Waals surface area contributed by atoms with Crippen LogP contribution in [0.5, 0.6) is 0 Å². The monoisotopic (exact) mass is 243 g/mol. The molecule has 1 saturated heterocycles. The van der Waals surface area contributed by atoms with Crippen molar-refractivity contribution in [3.63, 3.8) is 0 Å². The minimum absolute atomic E-state index is 0.0873. The van der Waals surface area contributed by atoms with Gasteiger partial charge in [-0.3, -0.25) is 9.59 Å². The highest BCUT2D eigenvalue weighted by Crippen LogP contribution is 2.19. The second kappa shape index (κ2) is 5.46. The zero-order chi connectivity index (χ0) is 13.1. The molecule has 6 nitrogen and oxygen atoms in total. The molecule has 1 fully saturated rings. The van der Waals surface area contributed by atoms with Gasteiger partial charge in [0.25, 0.3) is 0 Å². The third-order valence-corrected chi connectivity index (χ3v) is 2.70. The van der Waals surface area contributed by atoms with Crippen LogP contribution in [-0.4, -0.2) is 48.6 Å². The largest absolute Gasteiger partial charge is 0.379 e. The van der Waals surface area contributed by atoms with Crippen LogP contribution in [0, 0.1) is 5.92 Å². The fourth-order valence-corrected chi connectivity index (χ4v) is 1.91. The van der Waals surface area contributed by atoms with E-state index in [9.17, 15) is 9.59 Å². The Labute approximate surface area is 101 Å². The highest BCUT2D eigenvalue weighted by molar-refractivity contribution is 5.90. The smallest absolute Gasteiger partial charge is 0.245 e. The molecule has 1 atom stereocenters. The molecule has 0 radical (unpaired) electrons. The molecule has 17 heavy (non-hydrogen) atoms. The number of nitrogens with two attached hydrogens (primary N) is 2. The quantitative estimate of drug-likeness (QED) is 0.652. The number of amides is 2. The molecule has 98 valence electrons. The molecule has 1 heterocycles. The summed E-state index contributed by atoms with van der Waals surface area (Å²) < 4.78 is 5.15. The molecule has 0 aromatic heterocycles. The fourth-order valence-electron chi connectivity index (χ4n) is 1.91. The number of carbonyl (C=O) groups is 2. The average molecular weight is 243 g/mol. The molecule has 1 rings (SSSR count). The van der Waals surface area contributed by atoms with Crippen molar-refractivity contribution in [3.05, 3.63) is 0 Å². The van der Waals surface area contributed by atoms with Gasteiger partial charge in [0.1, 0.15) is 5.54 Å². The Bertz CT molecular complexity index is 298. The van der Waals surface area contributed by atoms with Gasteiger partial charge in [-0.05, 0) is 12.3 Å². The van der Waals surface area contributed by atoms with Crippen LogP contribution in [0.3, 0.4) is 0 Å². The number of hydrogen-bond donors (Lipinski definition) is 2. The predicted molar refractivity (Wildman–Crippen MR) is 63.0 cm³/mol. The van der Waals surface area contributed by atoms with Crippen molar-refractivity contribution in [2.24, 2.45) is 17.4 Å². The predicted octanol–water partition coefficient (Wildman–Crippen LogP) is -0.926. The van der Waals surface area contributed by atoms with Gasteiger partial charge in [0.15, 0.2) is 0 Å². The molecule has 1 unspecified atom stereocenters. The minimum Gasteiger partial charge on any atom is -0.379 e. The number of rotatable bonds is 5. The van der Waals surface area contributed by atoms with E-state index in [-0.39, 0.29) is 25.0 Å². The first-order valence-electron chi connectivity index (χ1n) is 5.79. The Morgan fingerprint density at radius 1 is 1.47 bits per heavy atom. The molecule has 0 aromatic rings. The van der Waals surface area contributed by atoms with Crippen LogP contribution in [0.25, 0.3) is 0 Å². The van der Waals surface area contributed by atoms with Crippen LogP contribution in [0.2, 0.25) is 0 Å². The highest BCUT2D eigenvalue weighted by atomic mass is 16.5. The van der Waals surface area contributed by atoms with Gasteiger partial charge in [0.2, 0.25) is 11.8 Å². The average Bonchev–Trinajstić information content (AvgIpc) is 2.63. The molecule has 0 aromatic carbocycles. The lowest BCUT2D eigenvalue weighted by molar-refractivity contribution is -0.140. The van der Waals surface area contributed by atoms with Crippen LogP contribution in [0.1, 0.15) is 20.3 Å². The van der Waals surface area contributed by atoms with Crippen molar-refractivity contribution < 1.29 is 14.3 Å². The van der Waals surface area contributed by atoms with Gasteiger partial charge in [0.05, 0.1) is 13.2 Å². The topological polar surface area (TPSA) is 98.7 Å². The summed E-state index contributed by atoms with van der Waals surface area (Å²) in [4.78, 5) is 24.7. The van der Waals surface area contributed by atoms with Crippen molar-refractivity contribution in [3.8, 4) is 0 Å². The van der Waals surface area contributed by atoms with Gasteiger partial charge < -0.3 is 21.1 Å². The fraction of sp³-hybridized carbons (Fsp3) is 0.818. The first-order valence-corrected chi connectivity index (χ1v) is 5.79. The van der Waals surface area contributed by atoms with E-state index in [0.29, 0.717) is 19.6 Å². The highest BCUT2D eigenvalue weighted by Gasteiger charge is 2.41. The van der Waals surface area contributed by atoms with E-state index < -0.39 is 11.4 Å². The molecular formula is C11H21N3O3. The zero-order valence-corrected chi connectivity index (χ0v) is 10.4. The maximum Gasteiger partial charge on any atom is 0.245 e. The maximum absolute atomic E-state index is 12.3. The Morgan fingerprint density at radius 2 is 2.12 bits per heavy atom. The molecular weight excluding hydrogens is 222 g/mol. The summed E-state index contributed by atoms with van der Waals surface area (Å²) in [5.74, 6) is -0.520. The van der Waals surface area contributed by atoms with E-state index in [2.05, 4.69) is 0 Å². The van der Waals surface area contributed by atoms with E-state index in [0.717, 1.165) is 0 Å². The molecule has 4 N–H and O–H groups in total. The van der Waals surface area contributed by atoms with E-state index >= 15 is 0 Å². The molecule has 2 amide bonds. The number of primary amides is 1. The van der Waals surface area contributed by atoms with Gasteiger partial charge >= 0.3 is 0 Å². The standard InChI is InChI=1S/C11H21N3O3/c1-8(2)5-14(6-9(12)15)10(16)11(13)3-4-17-7-11/h8H,3-7,13H2,1-2H3,(H2,12,15). The Morgan fingerprint density at radius 3 is 2.53 bits per heavy atom. The van der Waals surface area contributed by atoms with Crippen LogP contribution in [0.4, 0.5) is 0 Å². The van der Waals surface area contributed by atoms with Gasteiger partial charge in [-0.15, -0.1) is 0 Å². The summed E-state index contributed by atoms with van der Waals surface area (Å²) >= 11 is 0. The van der Waals surface area contributed by atoms with E-state index in [4.69, 9.17) is 16.2 Å². The molecule has 0 aliphatic carbocycles. The lowest BCUT2D eigenvalue weighted by Gasteiger charge is -2.30. The second-order valence-electron chi connectivity index (χ2n) is 5.00. The molecule has 0 spiro atoms. The summed E-state index contributed by atoms with van der Waals surface area (Å²) in [5.41, 5.74) is 10.1. The first-order chi connectivity index (χ1) is 7.85. The summed E-state index contributed by atoms with van der Waals surface area (Å²) in [6, 6.07) is 0. The Balaban J connectivity index is 2.74. The minimum atomic E-state index is -0.996. The Kier molecular flexibility index (Phi) is 4.47. The Hall–Kier alpha value is -1.14. The van der Waals surface area contributed by atoms with Crippen molar-refractivity contribution in [2.75, 3.05) is 26.3 Å². The maximum atomic E-state index is 12.3. The van der Waals surface area contributed by atoms with Gasteiger partial charge in [0, 0.05) is 13.2 Å². The van der Waals surface area contributed by atoms with Crippen molar-refractivity contribution in [2.45, 2.75) is 25.8 Å². The lowest BCUT2D eigenvalue weighted by Crippen LogP contribution is -2.57. The summed E-state index contributed by atoms with van der Waals surface area (Å²) in [6.45, 7) is 5.01. The SMILES string of the molecule is CC(C)CN(CC(N)=O)C(=O)C1(N)CCOC1.